The first-order chi connectivity index (χ1) is 14.6. The molecule has 1 atom stereocenters. The van der Waals surface area contributed by atoms with Gasteiger partial charge in [-0.15, -0.1) is 22.0 Å². The molecule has 1 unspecified atom stereocenters. The number of thioether (sulfide) groups is 1. The van der Waals surface area contributed by atoms with Crippen molar-refractivity contribution in [1.29, 1.82) is 0 Å². The molecule has 0 aliphatic heterocycles. The molecule has 30 heavy (non-hydrogen) atoms. The zero-order valence-electron chi connectivity index (χ0n) is 17.8. The van der Waals surface area contributed by atoms with Crippen LogP contribution in [0.4, 0.5) is 0 Å². The Morgan fingerprint density at radius 1 is 1.10 bits per heavy atom. The summed E-state index contributed by atoms with van der Waals surface area (Å²) in [6, 6.07) is 15.4. The topological polar surface area (TPSA) is 62.4 Å². The SMILES string of the molecule is CCSC(c1nnc(-c2ccc(C=CCCCN(C)C)cc2)o1)c1ccccc1O. The molecule has 0 saturated heterocycles. The van der Waals surface area contributed by atoms with Crippen LogP contribution in [-0.2, 0) is 0 Å². The van der Waals surface area contributed by atoms with Crippen LogP contribution in [0.15, 0.2) is 59.0 Å². The van der Waals surface area contributed by atoms with Gasteiger partial charge >= 0.3 is 0 Å². The van der Waals surface area contributed by atoms with E-state index in [0.29, 0.717) is 11.8 Å². The minimum Gasteiger partial charge on any atom is -0.508 e. The van der Waals surface area contributed by atoms with Crippen LogP contribution in [0.2, 0.25) is 0 Å². The van der Waals surface area contributed by atoms with Crippen LogP contribution in [0.3, 0.4) is 0 Å². The number of rotatable bonds is 10. The summed E-state index contributed by atoms with van der Waals surface area (Å²) in [6.45, 7) is 3.17. The maximum Gasteiger partial charge on any atom is 0.247 e. The molecule has 0 spiro atoms. The highest BCUT2D eigenvalue weighted by Crippen LogP contribution is 2.39. The summed E-state index contributed by atoms with van der Waals surface area (Å²) in [7, 11) is 4.19. The molecule has 0 fully saturated rings. The van der Waals surface area contributed by atoms with E-state index in [1.807, 2.05) is 30.3 Å². The highest BCUT2D eigenvalue weighted by Gasteiger charge is 2.23. The van der Waals surface area contributed by atoms with Gasteiger partial charge in [0.2, 0.25) is 11.8 Å². The number of phenolic OH excluding ortho intramolecular Hbond substituents is 1. The second-order valence-electron chi connectivity index (χ2n) is 7.31. The van der Waals surface area contributed by atoms with Crippen molar-refractivity contribution < 1.29 is 9.52 Å². The maximum absolute atomic E-state index is 10.2. The summed E-state index contributed by atoms with van der Waals surface area (Å²) >= 11 is 1.65. The van der Waals surface area contributed by atoms with Gasteiger partial charge in [0.15, 0.2) is 0 Å². The Hall–Kier alpha value is -2.57. The van der Waals surface area contributed by atoms with E-state index in [2.05, 4.69) is 60.4 Å². The third kappa shape index (κ3) is 5.97. The van der Waals surface area contributed by atoms with E-state index >= 15 is 0 Å². The third-order valence-corrected chi connectivity index (χ3v) is 5.78. The summed E-state index contributed by atoms with van der Waals surface area (Å²) in [5, 5.41) is 18.6. The van der Waals surface area contributed by atoms with Crippen molar-refractivity contribution in [3.63, 3.8) is 0 Å². The number of hydrogen-bond acceptors (Lipinski definition) is 6. The first-order valence-electron chi connectivity index (χ1n) is 10.2. The van der Waals surface area contributed by atoms with Gasteiger partial charge < -0.3 is 14.4 Å². The van der Waals surface area contributed by atoms with E-state index < -0.39 is 0 Å². The molecule has 0 radical (unpaired) electrons. The molecule has 3 aromatic rings. The lowest BCUT2D eigenvalue weighted by atomic mass is 10.1. The Kier molecular flexibility index (Phi) is 8.11. The van der Waals surface area contributed by atoms with Gasteiger partial charge in [0.1, 0.15) is 11.0 Å². The van der Waals surface area contributed by atoms with Crippen LogP contribution in [0.1, 0.15) is 42.0 Å². The molecule has 5 nitrogen and oxygen atoms in total. The Balaban J connectivity index is 1.70. The van der Waals surface area contributed by atoms with Gasteiger partial charge in [0, 0.05) is 11.1 Å². The predicted octanol–water partition coefficient (Wildman–Crippen LogP) is 5.64. The second kappa shape index (κ2) is 11.0. The van der Waals surface area contributed by atoms with Gasteiger partial charge in [-0.2, -0.15) is 0 Å². The Bertz CT molecular complexity index is 951. The summed E-state index contributed by atoms with van der Waals surface area (Å²) < 4.78 is 5.99. The second-order valence-corrected chi connectivity index (χ2v) is 8.69. The molecule has 0 saturated carbocycles. The molecular formula is C24H29N3O2S. The molecule has 1 heterocycles. The smallest absolute Gasteiger partial charge is 0.247 e. The van der Waals surface area contributed by atoms with E-state index in [9.17, 15) is 5.11 Å². The number of unbranched alkanes of at least 4 members (excludes halogenated alkanes) is 1. The molecule has 3 rings (SSSR count). The Morgan fingerprint density at radius 3 is 2.57 bits per heavy atom. The first-order valence-corrected chi connectivity index (χ1v) is 11.3. The van der Waals surface area contributed by atoms with Crippen molar-refractivity contribution >= 4 is 17.8 Å². The van der Waals surface area contributed by atoms with Crippen molar-refractivity contribution in [3.8, 4) is 17.2 Å². The van der Waals surface area contributed by atoms with Gasteiger partial charge in [-0.3, -0.25) is 0 Å². The average molecular weight is 424 g/mol. The third-order valence-electron chi connectivity index (χ3n) is 4.66. The van der Waals surface area contributed by atoms with Gasteiger partial charge in [-0.25, -0.2) is 0 Å². The average Bonchev–Trinajstić information content (AvgIpc) is 3.22. The molecule has 0 aliphatic rings. The molecule has 1 N–H and O–H groups in total. The van der Waals surface area contributed by atoms with Gasteiger partial charge in [-0.1, -0.05) is 49.4 Å². The molecule has 158 valence electrons. The highest BCUT2D eigenvalue weighted by molar-refractivity contribution is 7.99. The standard InChI is InChI=1S/C24H29N3O2S/c1-4-30-22(20-11-7-8-12-21(20)28)24-26-25-23(29-24)19-15-13-18(14-16-19)10-6-5-9-17-27(2)3/h6-8,10-16,22,28H,4-5,9,17H2,1-3H3. The predicted molar refractivity (Wildman–Crippen MR) is 125 cm³/mol. The number of nitrogens with zero attached hydrogens (tertiary/aromatic N) is 3. The maximum atomic E-state index is 10.2. The molecule has 6 heteroatoms. The molecule has 0 aliphatic carbocycles. The van der Waals surface area contributed by atoms with Crippen molar-refractivity contribution in [2.45, 2.75) is 25.0 Å². The Labute approximate surface area is 182 Å². The number of aromatic hydroxyl groups is 1. The quantitative estimate of drug-likeness (QED) is 0.426. The molecular weight excluding hydrogens is 394 g/mol. The van der Waals surface area contributed by atoms with E-state index in [1.54, 1.807) is 17.8 Å². The summed E-state index contributed by atoms with van der Waals surface area (Å²) in [5.74, 6) is 2.10. The molecule has 0 bridgehead atoms. The van der Waals surface area contributed by atoms with Gasteiger partial charge in [0.25, 0.3) is 0 Å². The summed E-state index contributed by atoms with van der Waals surface area (Å²) in [4.78, 5) is 2.20. The highest BCUT2D eigenvalue weighted by atomic mass is 32.2. The van der Waals surface area contributed by atoms with Crippen molar-refractivity contribution in [3.05, 3.63) is 71.6 Å². The summed E-state index contributed by atoms with van der Waals surface area (Å²) in [6.07, 6.45) is 6.57. The van der Waals surface area contributed by atoms with Gasteiger partial charge in [0.05, 0.1) is 0 Å². The largest absolute Gasteiger partial charge is 0.508 e. The number of para-hydroxylation sites is 1. The van der Waals surface area contributed by atoms with Crippen LogP contribution in [0.25, 0.3) is 17.5 Å². The lowest BCUT2D eigenvalue weighted by molar-refractivity contribution is 0.402. The summed E-state index contributed by atoms with van der Waals surface area (Å²) in [5.41, 5.74) is 2.82. The van der Waals surface area contributed by atoms with E-state index in [1.165, 1.54) is 0 Å². The fourth-order valence-electron chi connectivity index (χ4n) is 3.11. The zero-order chi connectivity index (χ0) is 21.3. The minimum atomic E-state index is -0.193. The lowest BCUT2D eigenvalue weighted by Crippen LogP contribution is -2.12. The first kappa shape index (κ1) is 22.1. The monoisotopic (exact) mass is 423 g/mol. The minimum absolute atomic E-state index is 0.193. The van der Waals surface area contributed by atoms with E-state index in [0.717, 1.165) is 41.8 Å². The Morgan fingerprint density at radius 2 is 1.87 bits per heavy atom. The van der Waals surface area contributed by atoms with Crippen LogP contribution < -0.4 is 0 Å². The molecule has 2 aromatic carbocycles. The lowest BCUT2D eigenvalue weighted by Gasteiger charge is -2.13. The number of aromatic nitrogens is 2. The number of allylic oxidation sites excluding steroid dienone is 1. The zero-order valence-corrected chi connectivity index (χ0v) is 18.6. The fraction of sp³-hybridized carbons (Fsp3) is 0.333. The van der Waals surface area contributed by atoms with Crippen molar-refractivity contribution in [2.75, 3.05) is 26.4 Å². The van der Waals surface area contributed by atoms with Crippen molar-refractivity contribution in [1.82, 2.24) is 15.1 Å². The van der Waals surface area contributed by atoms with Crippen molar-refractivity contribution in [2.24, 2.45) is 0 Å². The number of hydrogen-bond donors (Lipinski definition) is 1. The van der Waals surface area contributed by atoms with E-state index in [-0.39, 0.29) is 11.0 Å². The van der Waals surface area contributed by atoms with Gasteiger partial charge in [-0.05, 0) is 63.0 Å². The van der Waals surface area contributed by atoms with Crippen LogP contribution >= 0.6 is 11.8 Å². The fourth-order valence-corrected chi connectivity index (χ4v) is 4.06. The molecule has 1 aromatic heterocycles. The number of phenols is 1. The van der Waals surface area contributed by atoms with Crippen LogP contribution in [0.5, 0.6) is 5.75 Å². The number of benzene rings is 2. The van der Waals surface area contributed by atoms with Crippen LogP contribution in [0, 0.1) is 0 Å². The molecule has 0 amide bonds. The van der Waals surface area contributed by atoms with Crippen LogP contribution in [-0.4, -0.2) is 46.6 Å². The normalized spacial score (nSPS) is 12.7. The van der Waals surface area contributed by atoms with E-state index in [4.69, 9.17) is 4.42 Å².